The quantitative estimate of drug-likeness (QED) is 0.679. The van der Waals surface area contributed by atoms with Crippen LogP contribution in [0.2, 0.25) is 0 Å². The third-order valence-corrected chi connectivity index (χ3v) is 6.97. The Balaban J connectivity index is 2.16. The largest absolute Gasteiger partial charge is 0.276 e. The fraction of sp³-hybridized carbons (Fsp3) is 0.222. The Labute approximate surface area is 107 Å². The molecule has 5 heteroatoms. The summed E-state index contributed by atoms with van der Waals surface area (Å²) in [6, 6.07) is 2.20. The van der Waals surface area contributed by atoms with Crippen molar-refractivity contribution >= 4 is 61.2 Å². The van der Waals surface area contributed by atoms with Gasteiger partial charge in [0, 0.05) is 15.6 Å². The van der Waals surface area contributed by atoms with E-state index in [1.54, 1.807) is 23.1 Å². The Morgan fingerprint density at radius 2 is 2.21 bits per heavy atom. The first-order valence-electron chi connectivity index (χ1n) is 4.10. The van der Waals surface area contributed by atoms with Gasteiger partial charge in [-0.2, -0.15) is 0 Å². The van der Waals surface area contributed by atoms with Crippen molar-refractivity contribution in [1.29, 1.82) is 0 Å². The summed E-state index contributed by atoms with van der Waals surface area (Å²) in [5, 5.41) is 2.46. The lowest BCUT2D eigenvalue weighted by Gasteiger charge is -2.19. The molecule has 0 fully saturated rings. The molecule has 2 atom stereocenters. The molecule has 0 saturated carbocycles. The van der Waals surface area contributed by atoms with Gasteiger partial charge in [-0.15, -0.1) is 11.3 Å². The van der Waals surface area contributed by atoms with E-state index in [-0.39, 0.29) is 0 Å². The van der Waals surface area contributed by atoms with Gasteiger partial charge in [-0.05, 0) is 32.9 Å². The van der Waals surface area contributed by atoms with E-state index in [1.165, 1.54) is 18.7 Å². The SMILES string of the molecule is BrC1=C(Br)C2c3ccsc3C=NC2S1. The summed E-state index contributed by atoms with van der Waals surface area (Å²) in [7, 11) is 0. The molecule has 0 saturated heterocycles. The first kappa shape index (κ1) is 9.63. The normalized spacial score (nSPS) is 29.3. The van der Waals surface area contributed by atoms with Crippen molar-refractivity contribution in [2.24, 2.45) is 4.99 Å². The van der Waals surface area contributed by atoms with Gasteiger partial charge in [-0.25, -0.2) is 0 Å². The fourth-order valence-electron chi connectivity index (χ4n) is 1.72. The number of aliphatic imine (C=N–C) groups is 1. The Morgan fingerprint density at radius 3 is 3.07 bits per heavy atom. The van der Waals surface area contributed by atoms with E-state index in [2.05, 4.69) is 48.3 Å². The van der Waals surface area contributed by atoms with Crippen LogP contribution in [0, 0.1) is 0 Å². The van der Waals surface area contributed by atoms with E-state index < -0.39 is 0 Å². The second-order valence-corrected chi connectivity index (χ2v) is 7.37. The molecule has 72 valence electrons. The van der Waals surface area contributed by atoms with Gasteiger partial charge in [0.1, 0.15) is 5.37 Å². The number of rotatable bonds is 0. The van der Waals surface area contributed by atoms with Crippen molar-refractivity contribution in [3.05, 3.63) is 30.2 Å². The maximum atomic E-state index is 4.55. The Bertz CT molecular complexity index is 449. The van der Waals surface area contributed by atoms with E-state index in [9.17, 15) is 0 Å². The van der Waals surface area contributed by atoms with Crippen LogP contribution in [0.15, 0.2) is 24.7 Å². The Kier molecular flexibility index (Phi) is 2.39. The molecule has 0 bridgehead atoms. The predicted octanol–water partition coefficient (Wildman–Crippen LogP) is 4.30. The fourth-order valence-corrected chi connectivity index (χ4v) is 5.30. The van der Waals surface area contributed by atoms with Crippen molar-refractivity contribution in [3.63, 3.8) is 0 Å². The van der Waals surface area contributed by atoms with Gasteiger partial charge in [0.25, 0.3) is 0 Å². The highest BCUT2D eigenvalue weighted by molar-refractivity contribution is 9.15. The highest BCUT2D eigenvalue weighted by Gasteiger charge is 2.37. The molecular weight excluding hydrogens is 346 g/mol. The zero-order chi connectivity index (χ0) is 9.71. The van der Waals surface area contributed by atoms with E-state index in [1.807, 2.05) is 6.21 Å². The summed E-state index contributed by atoms with van der Waals surface area (Å²) >= 11 is 10.7. The molecule has 0 N–H and O–H groups in total. The van der Waals surface area contributed by atoms with Crippen molar-refractivity contribution in [2.45, 2.75) is 11.3 Å². The molecule has 1 aromatic rings. The van der Waals surface area contributed by atoms with Gasteiger partial charge < -0.3 is 0 Å². The van der Waals surface area contributed by atoms with Crippen molar-refractivity contribution in [1.82, 2.24) is 0 Å². The number of thioether (sulfide) groups is 1. The summed E-state index contributed by atoms with van der Waals surface area (Å²) in [5.41, 5.74) is 1.41. The second-order valence-electron chi connectivity index (χ2n) is 3.13. The molecule has 1 aromatic heterocycles. The molecule has 1 nitrogen and oxygen atoms in total. The molecule has 14 heavy (non-hydrogen) atoms. The van der Waals surface area contributed by atoms with Crippen LogP contribution >= 0.6 is 55.0 Å². The number of hydrogen-bond acceptors (Lipinski definition) is 3. The molecule has 0 amide bonds. The molecule has 0 aliphatic carbocycles. The number of hydrogen-bond donors (Lipinski definition) is 0. The standard InChI is InChI=1S/C9H5Br2NS2/c10-7-6-4-1-2-13-5(4)3-12-9(6)14-8(7)11/h1-3,6,9H. The smallest absolute Gasteiger partial charge is 0.112 e. The van der Waals surface area contributed by atoms with Crippen LogP contribution in [0.3, 0.4) is 0 Å². The first-order chi connectivity index (χ1) is 6.77. The van der Waals surface area contributed by atoms with E-state index in [0.29, 0.717) is 11.3 Å². The van der Waals surface area contributed by atoms with Crippen LogP contribution in [0.25, 0.3) is 0 Å². The van der Waals surface area contributed by atoms with E-state index in [0.717, 1.165) is 0 Å². The molecule has 2 aliphatic rings. The average molecular weight is 351 g/mol. The van der Waals surface area contributed by atoms with Crippen molar-refractivity contribution < 1.29 is 0 Å². The third kappa shape index (κ3) is 1.29. The average Bonchev–Trinajstić information content (AvgIpc) is 2.72. The zero-order valence-electron chi connectivity index (χ0n) is 6.91. The Hall–Kier alpha value is 0.420. The maximum absolute atomic E-state index is 4.55. The molecule has 3 heterocycles. The van der Waals surface area contributed by atoms with Crippen LogP contribution < -0.4 is 0 Å². The van der Waals surface area contributed by atoms with Crippen molar-refractivity contribution in [3.8, 4) is 0 Å². The monoisotopic (exact) mass is 349 g/mol. The lowest BCUT2D eigenvalue weighted by atomic mass is 9.98. The lowest BCUT2D eigenvalue weighted by molar-refractivity contribution is 0.798. The minimum absolute atomic E-state index is 0.320. The molecule has 0 radical (unpaired) electrons. The van der Waals surface area contributed by atoms with Gasteiger partial charge in [0.2, 0.25) is 0 Å². The van der Waals surface area contributed by atoms with E-state index >= 15 is 0 Å². The van der Waals surface area contributed by atoms with Crippen LogP contribution in [-0.2, 0) is 0 Å². The van der Waals surface area contributed by atoms with Crippen LogP contribution in [0.5, 0.6) is 0 Å². The number of thiophene rings is 1. The van der Waals surface area contributed by atoms with Gasteiger partial charge in [0.05, 0.1) is 9.73 Å². The Morgan fingerprint density at radius 1 is 1.36 bits per heavy atom. The molecule has 3 rings (SSSR count). The zero-order valence-corrected chi connectivity index (χ0v) is 11.7. The highest BCUT2D eigenvalue weighted by Crippen LogP contribution is 2.55. The number of halogens is 2. The van der Waals surface area contributed by atoms with Crippen molar-refractivity contribution in [2.75, 3.05) is 0 Å². The van der Waals surface area contributed by atoms with E-state index in [4.69, 9.17) is 0 Å². The third-order valence-electron chi connectivity index (χ3n) is 2.37. The van der Waals surface area contributed by atoms with Gasteiger partial charge >= 0.3 is 0 Å². The van der Waals surface area contributed by atoms with Gasteiger partial charge in [-0.1, -0.05) is 27.7 Å². The number of nitrogens with zero attached hydrogens (tertiary/aromatic N) is 1. The van der Waals surface area contributed by atoms with Crippen LogP contribution in [0.1, 0.15) is 16.4 Å². The number of fused-ring (bicyclic) bond motifs is 3. The molecular formula is C9H5Br2NS2. The highest BCUT2D eigenvalue weighted by atomic mass is 79.9. The summed E-state index contributed by atoms with van der Waals surface area (Å²) in [4.78, 5) is 5.85. The summed E-state index contributed by atoms with van der Waals surface area (Å²) in [5.74, 6) is 0.417. The van der Waals surface area contributed by atoms with Crippen LogP contribution in [0.4, 0.5) is 0 Å². The predicted molar refractivity (Wildman–Crippen MR) is 70.9 cm³/mol. The van der Waals surface area contributed by atoms with Crippen LogP contribution in [-0.4, -0.2) is 11.6 Å². The van der Waals surface area contributed by atoms with Gasteiger partial charge in [-0.3, -0.25) is 4.99 Å². The summed E-state index contributed by atoms with van der Waals surface area (Å²) in [6.07, 6.45) is 2.00. The molecule has 2 unspecified atom stereocenters. The second kappa shape index (κ2) is 3.47. The first-order valence-corrected chi connectivity index (χ1v) is 7.44. The molecule has 0 aromatic carbocycles. The summed E-state index contributed by atoms with van der Waals surface area (Å²) in [6.45, 7) is 0. The summed E-state index contributed by atoms with van der Waals surface area (Å²) < 4.78 is 2.42. The lowest BCUT2D eigenvalue weighted by Crippen LogP contribution is -2.14. The minimum Gasteiger partial charge on any atom is -0.276 e. The topological polar surface area (TPSA) is 12.4 Å². The molecule has 2 aliphatic heterocycles. The minimum atomic E-state index is 0.320. The maximum Gasteiger partial charge on any atom is 0.112 e. The van der Waals surface area contributed by atoms with Gasteiger partial charge in [0.15, 0.2) is 0 Å². The molecule has 0 spiro atoms.